The predicted octanol–water partition coefficient (Wildman–Crippen LogP) is 3.72. The Morgan fingerprint density at radius 1 is 0.895 bits per heavy atom. The van der Waals surface area contributed by atoms with E-state index in [0.717, 1.165) is 12.0 Å². The summed E-state index contributed by atoms with van der Waals surface area (Å²) in [6.07, 6.45) is 0.887. The Bertz CT molecular complexity index is 643. The lowest BCUT2D eigenvalue weighted by Gasteiger charge is -2.08. The number of sulfone groups is 1. The Kier molecular flexibility index (Phi) is 4.05. The van der Waals surface area contributed by atoms with Gasteiger partial charge in [0.1, 0.15) is 0 Å². The van der Waals surface area contributed by atoms with Gasteiger partial charge in [-0.05, 0) is 42.2 Å². The van der Waals surface area contributed by atoms with Gasteiger partial charge < -0.3 is 0 Å². The fourth-order valence-corrected chi connectivity index (χ4v) is 3.40. The van der Waals surface area contributed by atoms with Gasteiger partial charge in [-0.1, -0.05) is 44.2 Å². The van der Waals surface area contributed by atoms with Gasteiger partial charge in [0, 0.05) is 0 Å². The Morgan fingerprint density at radius 2 is 1.53 bits per heavy atom. The van der Waals surface area contributed by atoms with E-state index in [1.54, 1.807) is 36.4 Å². The van der Waals surface area contributed by atoms with Crippen molar-refractivity contribution in [3.05, 3.63) is 60.2 Å². The van der Waals surface area contributed by atoms with E-state index in [0.29, 0.717) is 15.7 Å². The van der Waals surface area contributed by atoms with Crippen LogP contribution in [0.25, 0.3) is 0 Å². The molecule has 0 amide bonds. The van der Waals surface area contributed by atoms with E-state index < -0.39 is 9.84 Å². The first-order valence-electron chi connectivity index (χ1n) is 6.39. The summed E-state index contributed by atoms with van der Waals surface area (Å²) in [6, 6.07) is 15.8. The SMILES string of the molecule is CC(C)Cc1cccc(S(=O)(=O)c2ccccc2)c1. The zero-order chi connectivity index (χ0) is 13.9. The monoisotopic (exact) mass is 274 g/mol. The van der Waals surface area contributed by atoms with E-state index in [1.807, 2.05) is 18.2 Å². The molecule has 0 heterocycles. The van der Waals surface area contributed by atoms with E-state index in [1.165, 1.54) is 0 Å². The van der Waals surface area contributed by atoms with Crippen molar-refractivity contribution in [3.8, 4) is 0 Å². The molecule has 2 rings (SSSR count). The van der Waals surface area contributed by atoms with Crippen molar-refractivity contribution in [1.29, 1.82) is 0 Å². The minimum absolute atomic E-state index is 0.344. The van der Waals surface area contributed by atoms with Crippen LogP contribution in [0.5, 0.6) is 0 Å². The Labute approximate surface area is 115 Å². The molecule has 0 spiro atoms. The van der Waals surface area contributed by atoms with Crippen molar-refractivity contribution in [3.63, 3.8) is 0 Å². The first kappa shape index (κ1) is 13.8. The van der Waals surface area contributed by atoms with E-state index in [9.17, 15) is 8.42 Å². The van der Waals surface area contributed by atoms with Gasteiger partial charge >= 0.3 is 0 Å². The number of benzene rings is 2. The third kappa shape index (κ3) is 3.24. The second-order valence-electron chi connectivity index (χ2n) is 5.06. The molecule has 0 aliphatic rings. The predicted molar refractivity (Wildman–Crippen MR) is 76.9 cm³/mol. The highest BCUT2D eigenvalue weighted by Crippen LogP contribution is 2.22. The topological polar surface area (TPSA) is 34.1 Å². The zero-order valence-electron chi connectivity index (χ0n) is 11.2. The summed E-state index contributed by atoms with van der Waals surface area (Å²) in [5, 5.41) is 0. The largest absolute Gasteiger partial charge is 0.219 e. The van der Waals surface area contributed by atoms with Crippen molar-refractivity contribution in [2.75, 3.05) is 0 Å². The highest BCUT2D eigenvalue weighted by Gasteiger charge is 2.17. The molecule has 0 saturated heterocycles. The zero-order valence-corrected chi connectivity index (χ0v) is 12.0. The van der Waals surface area contributed by atoms with Crippen molar-refractivity contribution in [1.82, 2.24) is 0 Å². The van der Waals surface area contributed by atoms with Crippen molar-refractivity contribution < 1.29 is 8.42 Å². The van der Waals surface area contributed by atoms with E-state index >= 15 is 0 Å². The maximum atomic E-state index is 12.5. The second-order valence-corrected chi connectivity index (χ2v) is 7.01. The molecular weight excluding hydrogens is 256 g/mol. The quantitative estimate of drug-likeness (QED) is 0.851. The number of rotatable bonds is 4. The molecule has 0 bridgehead atoms. The average Bonchev–Trinajstić information content (AvgIpc) is 2.39. The number of hydrogen-bond acceptors (Lipinski definition) is 2. The summed E-state index contributed by atoms with van der Waals surface area (Å²) >= 11 is 0. The summed E-state index contributed by atoms with van der Waals surface area (Å²) in [6.45, 7) is 4.25. The molecule has 0 saturated carbocycles. The molecule has 0 radical (unpaired) electrons. The van der Waals surface area contributed by atoms with Crippen molar-refractivity contribution >= 4 is 9.84 Å². The Hall–Kier alpha value is -1.61. The standard InChI is InChI=1S/C16H18O2S/c1-13(2)11-14-7-6-10-16(12-14)19(17,18)15-8-4-3-5-9-15/h3-10,12-13H,11H2,1-2H3. The highest BCUT2D eigenvalue weighted by atomic mass is 32.2. The van der Waals surface area contributed by atoms with Crippen molar-refractivity contribution in [2.24, 2.45) is 5.92 Å². The van der Waals surface area contributed by atoms with Crippen LogP contribution in [-0.2, 0) is 16.3 Å². The summed E-state index contributed by atoms with van der Waals surface area (Å²) in [4.78, 5) is 0.716. The maximum Gasteiger partial charge on any atom is 0.206 e. The smallest absolute Gasteiger partial charge is 0.206 e. The van der Waals surface area contributed by atoms with Gasteiger partial charge in [0.15, 0.2) is 0 Å². The van der Waals surface area contributed by atoms with Gasteiger partial charge in [-0.15, -0.1) is 0 Å². The molecule has 0 aliphatic heterocycles. The van der Waals surface area contributed by atoms with Gasteiger partial charge in [0.25, 0.3) is 0 Å². The molecule has 0 atom stereocenters. The van der Waals surface area contributed by atoms with Gasteiger partial charge in [0.2, 0.25) is 9.84 Å². The lowest BCUT2D eigenvalue weighted by atomic mass is 10.0. The summed E-state index contributed by atoms with van der Waals surface area (Å²) in [7, 11) is -3.40. The third-order valence-electron chi connectivity index (χ3n) is 2.91. The van der Waals surface area contributed by atoms with Gasteiger partial charge in [-0.3, -0.25) is 0 Å². The van der Waals surface area contributed by atoms with Crippen LogP contribution in [0.4, 0.5) is 0 Å². The summed E-state index contributed by atoms with van der Waals surface area (Å²) in [5.41, 5.74) is 1.06. The first-order valence-corrected chi connectivity index (χ1v) is 7.87. The fourth-order valence-electron chi connectivity index (χ4n) is 2.05. The van der Waals surface area contributed by atoms with Crippen LogP contribution in [0.15, 0.2) is 64.4 Å². The molecule has 3 heteroatoms. The lowest BCUT2D eigenvalue weighted by Crippen LogP contribution is -2.03. The van der Waals surface area contributed by atoms with E-state index in [4.69, 9.17) is 0 Å². The van der Waals surface area contributed by atoms with Crippen LogP contribution in [0.2, 0.25) is 0 Å². The minimum atomic E-state index is -3.40. The third-order valence-corrected chi connectivity index (χ3v) is 4.67. The van der Waals surface area contributed by atoms with Gasteiger partial charge in [-0.2, -0.15) is 0 Å². The molecule has 2 aromatic carbocycles. The maximum absolute atomic E-state index is 12.5. The summed E-state index contributed by atoms with van der Waals surface area (Å²) in [5.74, 6) is 0.509. The van der Waals surface area contributed by atoms with Crippen LogP contribution in [0.3, 0.4) is 0 Å². The lowest BCUT2D eigenvalue weighted by molar-refractivity contribution is 0.595. The minimum Gasteiger partial charge on any atom is -0.219 e. The molecule has 100 valence electrons. The van der Waals surface area contributed by atoms with E-state index in [-0.39, 0.29) is 0 Å². The van der Waals surface area contributed by atoms with Crippen LogP contribution in [-0.4, -0.2) is 8.42 Å². The Balaban J connectivity index is 2.42. The van der Waals surface area contributed by atoms with Crippen LogP contribution in [0.1, 0.15) is 19.4 Å². The highest BCUT2D eigenvalue weighted by molar-refractivity contribution is 7.91. The summed E-state index contributed by atoms with van der Waals surface area (Å²) < 4.78 is 24.9. The second kappa shape index (κ2) is 5.57. The molecule has 2 aromatic rings. The molecular formula is C16H18O2S. The average molecular weight is 274 g/mol. The fraction of sp³-hybridized carbons (Fsp3) is 0.250. The van der Waals surface area contributed by atoms with Crippen LogP contribution < -0.4 is 0 Å². The molecule has 19 heavy (non-hydrogen) atoms. The normalized spacial score (nSPS) is 11.7. The Morgan fingerprint density at radius 3 is 2.16 bits per heavy atom. The first-order chi connectivity index (χ1) is 9.00. The molecule has 0 unspecified atom stereocenters. The molecule has 0 fully saturated rings. The van der Waals surface area contributed by atoms with Gasteiger partial charge in [0.05, 0.1) is 9.79 Å². The van der Waals surface area contributed by atoms with Crippen molar-refractivity contribution in [2.45, 2.75) is 30.1 Å². The number of hydrogen-bond donors (Lipinski definition) is 0. The molecule has 0 aliphatic carbocycles. The van der Waals surface area contributed by atoms with Gasteiger partial charge in [-0.25, -0.2) is 8.42 Å². The molecule has 2 nitrogen and oxygen atoms in total. The van der Waals surface area contributed by atoms with Crippen LogP contribution in [0, 0.1) is 5.92 Å². The molecule has 0 N–H and O–H groups in total. The van der Waals surface area contributed by atoms with E-state index in [2.05, 4.69) is 13.8 Å². The molecule has 0 aromatic heterocycles. The van der Waals surface area contributed by atoms with Crippen LogP contribution >= 0.6 is 0 Å².